The molecule has 5 heteroatoms. The van der Waals surface area contributed by atoms with Crippen LogP contribution in [0.4, 0.5) is 0 Å². The van der Waals surface area contributed by atoms with E-state index in [1.807, 2.05) is 0 Å². The maximum Gasteiger partial charge on any atom is 0.255 e. The van der Waals surface area contributed by atoms with Crippen molar-refractivity contribution in [3.63, 3.8) is 0 Å². The molecule has 2 aliphatic heterocycles. The van der Waals surface area contributed by atoms with Crippen LogP contribution in [0.25, 0.3) is 0 Å². The Hall–Kier alpha value is -1.65. The zero-order valence-electron chi connectivity index (χ0n) is 8.08. The number of ether oxygens (including phenoxy) is 2. The molecule has 0 fully saturated rings. The van der Waals surface area contributed by atoms with E-state index in [-0.39, 0.29) is 5.78 Å². The van der Waals surface area contributed by atoms with Crippen LogP contribution >= 0.6 is 0 Å². The normalized spacial score (nSPS) is 29.3. The van der Waals surface area contributed by atoms with Crippen LogP contribution in [0.2, 0.25) is 0 Å². The van der Waals surface area contributed by atoms with Crippen molar-refractivity contribution in [2.75, 3.05) is 14.1 Å². The number of hydrogen-bond donors (Lipinski definition) is 0. The van der Waals surface area contributed by atoms with Gasteiger partial charge < -0.3 is 19.3 Å². The van der Waals surface area contributed by atoms with E-state index in [1.54, 1.807) is 36.3 Å². The first kappa shape index (κ1) is 8.93. The average Bonchev–Trinajstić information content (AvgIpc) is 2.73. The number of likely N-dealkylation sites (N-methyl/N-ethyl adjacent to an activating group) is 2. The molecule has 0 aromatic heterocycles. The molecule has 2 unspecified atom stereocenters. The summed E-state index contributed by atoms with van der Waals surface area (Å²) in [4.78, 5) is 15.3. The van der Waals surface area contributed by atoms with E-state index in [0.29, 0.717) is 0 Å². The quantitative estimate of drug-likeness (QED) is 0.625. The Labute approximate surface area is 82.2 Å². The van der Waals surface area contributed by atoms with E-state index in [9.17, 15) is 4.79 Å². The summed E-state index contributed by atoms with van der Waals surface area (Å²) in [5.41, 5.74) is 0. The maximum atomic E-state index is 11.9. The Morgan fingerprint density at radius 1 is 1.07 bits per heavy atom. The third-order valence-electron chi connectivity index (χ3n) is 2.23. The highest BCUT2D eigenvalue weighted by molar-refractivity contribution is 5.87. The molecule has 0 saturated heterocycles. The molecule has 0 spiro atoms. The number of ketones is 1. The van der Waals surface area contributed by atoms with Gasteiger partial charge >= 0.3 is 0 Å². The van der Waals surface area contributed by atoms with Gasteiger partial charge in [0.25, 0.3) is 5.78 Å². The molecule has 0 N–H and O–H groups in total. The average molecular weight is 196 g/mol. The molecule has 0 aromatic rings. The van der Waals surface area contributed by atoms with Crippen molar-refractivity contribution in [1.82, 2.24) is 9.80 Å². The second-order valence-corrected chi connectivity index (χ2v) is 3.28. The van der Waals surface area contributed by atoms with Crippen LogP contribution in [-0.4, -0.2) is 42.1 Å². The van der Waals surface area contributed by atoms with Crippen molar-refractivity contribution in [2.45, 2.75) is 12.5 Å². The first-order chi connectivity index (χ1) is 6.70. The second-order valence-electron chi connectivity index (χ2n) is 3.28. The second kappa shape index (κ2) is 3.25. The standard InChI is InChI=1S/C9H12N2O3/c1-10-3-5-13-8(10)7(12)9-11(2)4-6-14-9/h3-6,8-9H,1-2H3. The molecule has 0 amide bonds. The first-order valence-corrected chi connectivity index (χ1v) is 4.32. The molecule has 2 rings (SSSR count). The monoisotopic (exact) mass is 196 g/mol. The topological polar surface area (TPSA) is 42.0 Å². The zero-order valence-corrected chi connectivity index (χ0v) is 8.08. The molecular formula is C9H12N2O3. The molecule has 0 saturated carbocycles. The first-order valence-electron chi connectivity index (χ1n) is 4.32. The number of Topliss-reactive ketones (excluding diaryl/α,β-unsaturated/α-hetero) is 1. The third-order valence-corrected chi connectivity index (χ3v) is 2.23. The Morgan fingerprint density at radius 3 is 1.79 bits per heavy atom. The largest absolute Gasteiger partial charge is 0.469 e. The Morgan fingerprint density at radius 2 is 1.50 bits per heavy atom. The Balaban J connectivity index is 2.02. The molecule has 2 aliphatic rings. The minimum Gasteiger partial charge on any atom is -0.469 e. The zero-order chi connectivity index (χ0) is 10.1. The lowest BCUT2D eigenvalue weighted by Gasteiger charge is -2.24. The third kappa shape index (κ3) is 1.30. The minimum absolute atomic E-state index is 0.106. The number of hydrogen-bond acceptors (Lipinski definition) is 5. The highest BCUT2D eigenvalue weighted by Crippen LogP contribution is 2.17. The molecular weight excluding hydrogens is 184 g/mol. The molecule has 0 aromatic carbocycles. The number of rotatable bonds is 2. The van der Waals surface area contributed by atoms with Crippen LogP contribution in [0, 0.1) is 0 Å². The summed E-state index contributed by atoms with van der Waals surface area (Å²) >= 11 is 0. The van der Waals surface area contributed by atoms with Crippen molar-refractivity contribution in [3.8, 4) is 0 Å². The van der Waals surface area contributed by atoms with E-state index in [0.717, 1.165) is 0 Å². The molecule has 14 heavy (non-hydrogen) atoms. The Bertz CT molecular complexity index is 272. The van der Waals surface area contributed by atoms with Crippen LogP contribution in [0.1, 0.15) is 0 Å². The van der Waals surface area contributed by atoms with Crippen LogP contribution in [0.15, 0.2) is 24.9 Å². The molecule has 76 valence electrons. The van der Waals surface area contributed by atoms with Gasteiger partial charge in [-0.25, -0.2) is 0 Å². The summed E-state index contributed by atoms with van der Waals surface area (Å²) in [6.07, 6.45) is 5.30. The fourth-order valence-corrected chi connectivity index (χ4v) is 1.42. The van der Waals surface area contributed by atoms with Gasteiger partial charge in [-0.1, -0.05) is 0 Å². The van der Waals surface area contributed by atoms with Gasteiger partial charge in [0, 0.05) is 26.5 Å². The SMILES string of the molecule is CN1C=COC1C(=O)C1OC=CN1C. The molecule has 0 aliphatic carbocycles. The van der Waals surface area contributed by atoms with Crippen molar-refractivity contribution < 1.29 is 14.3 Å². The highest BCUT2D eigenvalue weighted by Gasteiger charge is 2.36. The molecule has 5 nitrogen and oxygen atoms in total. The lowest BCUT2D eigenvalue weighted by Crippen LogP contribution is -2.44. The van der Waals surface area contributed by atoms with E-state index < -0.39 is 12.5 Å². The smallest absolute Gasteiger partial charge is 0.255 e. The Kier molecular flexibility index (Phi) is 2.07. The van der Waals surface area contributed by atoms with Crippen molar-refractivity contribution in [3.05, 3.63) is 24.9 Å². The fourth-order valence-electron chi connectivity index (χ4n) is 1.42. The summed E-state index contributed by atoms with van der Waals surface area (Å²) in [5, 5.41) is 0. The van der Waals surface area contributed by atoms with Gasteiger partial charge in [0.05, 0.1) is 0 Å². The van der Waals surface area contributed by atoms with Gasteiger partial charge in [-0.3, -0.25) is 4.79 Å². The van der Waals surface area contributed by atoms with Crippen molar-refractivity contribution in [1.29, 1.82) is 0 Å². The summed E-state index contributed by atoms with van der Waals surface area (Å²) in [7, 11) is 3.57. The summed E-state index contributed by atoms with van der Waals surface area (Å²) in [6, 6.07) is 0. The van der Waals surface area contributed by atoms with Crippen LogP contribution in [0.5, 0.6) is 0 Å². The van der Waals surface area contributed by atoms with E-state index in [2.05, 4.69) is 0 Å². The van der Waals surface area contributed by atoms with Gasteiger partial charge in [0.2, 0.25) is 12.5 Å². The number of carbonyl (C=O) groups excluding carboxylic acids is 1. The molecule has 2 heterocycles. The highest BCUT2D eigenvalue weighted by atomic mass is 16.5. The van der Waals surface area contributed by atoms with Crippen LogP contribution in [-0.2, 0) is 14.3 Å². The van der Waals surface area contributed by atoms with Gasteiger partial charge in [-0.05, 0) is 0 Å². The fraction of sp³-hybridized carbons (Fsp3) is 0.444. The lowest BCUT2D eigenvalue weighted by molar-refractivity contribution is -0.145. The van der Waals surface area contributed by atoms with E-state index in [4.69, 9.17) is 9.47 Å². The predicted octanol–water partition coefficient (Wildman–Crippen LogP) is 0.0741. The summed E-state index contributed by atoms with van der Waals surface area (Å²) < 4.78 is 10.3. The molecule has 0 bridgehead atoms. The van der Waals surface area contributed by atoms with Crippen LogP contribution in [0.3, 0.4) is 0 Å². The van der Waals surface area contributed by atoms with Crippen LogP contribution < -0.4 is 0 Å². The van der Waals surface area contributed by atoms with E-state index in [1.165, 1.54) is 12.5 Å². The van der Waals surface area contributed by atoms with Crippen molar-refractivity contribution >= 4 is 5.78 Å². The predicted molar refractivity (Wildman–Crippen MR) is 48.6 cm³/mol. The van der Waals surface area contributed by atoms with Gasteiger partial charge in [-0.15, -0.1) is 0 Å². The summed E-state index contributed by atoms with van der Waals surface area (Å²) in [6.45, 7) is 0. The summed E-state index contributed by atoms with van der Waals surface area (Å²) in [5.74, 6) is -0.106. The van der Waals surface area contributed by atoms with Gasteiger partial charge in [0.15, 0.2) is 0 Å². The lowest BCUT2D eigenvalue weighted by atomic mass is 10.3. The number of carbonyl (C=O) groups is 1. The van der Waals surface area contributed by atoms with Gasteiger partial charge in [0.1, 0.15) is 12.5 Å². The van der Waals surface area contributed by atoms with Crippen molar-refractivity contribution in [2.24, 2.45) is 0 Å². The van der Waals surface area contributed by atoms with Gasteiger partial charge in [-0.2, -0.15) is 0 Å². The minimum atomic E-state index is -0.567. The number of nitrogens with zero attached hydrogens (tertiary/aromatic N) is 2. The molecule has 2 atom stereocenters. The molecule has 0 radical (unpaired) electrons. The maximum absolute atomic E-state index is 11.9. The van der Waals surface area contributed by atoms with E-state index >= 15 is 0 Å².